The normalized spacial score (nSPS) is 11.4. The number of carbonyl (C=O) groups is 1. The second-order valence-electron chi connectivity index (χ2n) is 3.53. The van der Waals surface area contributed by atoms with Gasteiger partial charge in [0.25, 0.3) is 0 Å². The zero-order valence-electron chi connectivity index (χ0n) is 8.34. The van der Waals surface area contributed by atoms with E-state index in [0.717, 1.165) is 12.8 Å². The largest absolute Gasteiger partial charge is 0.394 e. The van der Waals surface area contributed by atoms with Gasteiger partial charge in [0.15, 0.2) is 0 Å². The molecule has 0 unspecified atom stereocenters. The first-order valence-electron chi connectivity index (χ1n) is 4.60. The third-order valence-electron chi connectivity index (χ3n) is 1.90. The number of unbranched alkanes of at least 4 members (excludes halogenated alkanes) is 1. The van der Waals surface area contributed by atoms with Gasteiger partial charge < -0.3 is 15.5 Å². The van der Waals surface area contributed by atoms with E-state index in [2.05, 4.69) is 5.32 Å². The molecule has 0 heterocycles. The molecule has 0 aromatic rings. The van der Waals surface area contributed by atoms with Crippen LogP contribution in [0.25, 0.3) is 0 Å². The Labute approximate surface area is 79.0 Å². The summed E-state index contributed by atoms with van der Waals surface area (Å²) in [7, 11) is 0. The van der Waals surface area contributed by atoms with Gasteiger partial charge in [-0.3, -0.25) is 4.79 Å². The summed E-state index contributed by atoms with van der Waals surface area (Å²) < 4.78 is 0. The molecule has 1 amide bonds. The van der Waals surface area contributed by atoms with Crippen molar-refractivity contribution >= 4 is 5.91 Å². The number of hydrogen-bond acceptors (Lipinski definition) is 3. The molecule has 0 aliphatic rings. The number of amides is 1. The molecule has 0 rings (SSSR count). The second kappa shape index (κ2) is 5.94. The molecular weight excluding hydrogens is 170 g/mol. The number of rotatable bonds is 6. The highest BCUT2D eigenvalue weighted by molar-refractivity contribution is 5.76. The van der Waals surface area contributed by atoms with Gasteiger partial charge in [-0.25, -0.2) is 0 Å². The average molecular weight is 189 g/mol. The first-order chi connectivity index (χ1) is 6.08. The summed E-state index contributed by atoms with van der Waals surface area (Å²) in [5.74, 6) is -0.118. The molecule has 4 heteroatoms. The van der Waals surface area contributed by atoms with Crippen LogP contribution in [-0.2, 0) is 4.79 Å². The van der Waals surface area contributed by atoms with Gasteiger partial charge in [-0.2, -0.15) is 0 Å². The number of carbonyl (C=O) groups excluding carboxylic acids is 1. The lowest BCUT2D eigenvalue weighted by Crippen LogP contribution is -2.51. The topological polar surface area (TPSA) is 69.6 Å². The van der Waals surface area contributed by atoms with Crippen molar-refractivity contribution in [1.82, 2.24) is 5.32 Å². The Kier molecular flexibility index (Phi) is 5.66. The van der Waals surface area contributed by atoms with Gasteiger partial charge in [0.1, 0.15) is 0 Å². The summed E-state index contributed by atoms with van der Waals surface area (Å²) in [4.78, 5) is 11.2. The molecule has 0 fully saturated rings. The maximum Gasteiger partial charge on any atom is 0.220 e. The van der Waals surface area contributed by atoms with Crippen molar-refractivity contribution in [1.29, 1.82) is 0 Å². The van der Waals surface area contributed by atoms with Crippen molar-refractivity contribution in [2.75, 3.05) is 13.2 Å². The molecule has 0 bridgehead atoms. The van der Waals surface area contributed by atoms with Crippen molar-refractivity contribution in [2.45, 2.75) is 38.6 Å². The Morgan fingerprint density at radius 3 is 2.31 bits per heavy atom. The Morgan fingerprint density at radius 2 is 1.92 bits per heavy atom. The summed E-state index contributed by atoms with van der Waals surface area (Å²) in [5, 5.41) is 20.4. The van der Waals surface area contributed by atoms with E-state index in [9.17, 15) is 4.79 Å². The summed E-state index contributed by atoms with van der Waals surface area (Å²) >= 11 is 0. The standard InChI is InChI=1S/C9H19NO3/c1-3-4-5-8(13)10-9(2,6-11)7-12/h11-12H,3-7H2,1-2H3,(H,10,13). The zero-order valence-corrected chi connectivity index (χ0v) is 8.34. The highest BCUT2D eigenvalue weighted by Gasteiger charge is 2.23. The molecule has 3 N–H and O–H groups in total. The molecule has 13 heavy (non-hydrogen) atoms. The average Bonchev–Trinajstić information content (AvgIpc) is 2.14. The van der Waals surface area contributed by atoms with Crippen LogP contribution in [-0.4, -0.2) is 34.9 Å². The maximum absolute atomic E-state index is 11.2. The minimum atomic E-state index is -0.884. The van der Waals surface area contributed by atoms with Crippen molar-refractivity contribution in [3.63, 3.8) is 0 Å². The summed E-state index contributed by atoms with van der Waals surface area (Å²) in [5.41, 5.74) is -0.884. The lowest BCUT2D eigenvalue weighted by molar-refractivity contribution is -0.124. The molecular formula is C9H19NO3. The molecule has 0 aliphatic carbocycles. The van der Waals surface area contributed by atoms with E-state index in [4.69, 9.17) is 10.2 Å². The minimum Gasteiger partial charge on any atom is -0.394 e. The molecule has 78 valence electrons. The summed E-state index contributed by atoms with van der Waals surface area (Å²) in [6.07, 6.45) is 2.24. The Morgan fingerprint density at radius 1 is 1.38 bits per heavy atom. The zero-order chi connectivity index (χ0) is 10.3. The van der Waals surface area contributed by atoms with E-state index < -0.39 is 5.54 Å². The molecule has 0 aromatic carbocycles. The smallest absolute Gasteiger partial charge is 0.220 e. The SMILES string of the molecule is CCCCC(=O)NC(C)(CO)CO. The van der Waals surface area contributed by atoms with E-state index in [0.29, 0.717) is 6.42 Å². The third kappa shape index (κ3) is 4.85. The van der Waals surface area contributed by atoms with Crippen LogP contribution in [0.4, 0.5) is 0 Å². The maximum atomic E-state index is 11.2. The summed E-state index contributed by atoms with van der Waals surface area (Å²) in [6, 6.07) is 0. The molecule has 0 spiro atoms. The van der Waals surface area contributed by atoms with Gasteiger partial charge in [0.2, 0.25) is 5.91 Å². The molecule has 0 radical (unpaired) electrons. The molecule has 0 aromatic heterocycles. The van der Waals surface area contributed by atoms with Crippen molar-refractivity contribution in [2.24, 2.45) is 0 Å². The number of hydrogen-bond donors (Lipinski definition) is 3. The van der Waals surface area contributed by atoms with Crippen molar-refractivity contribution < 1.29 is 15.0 Å². The van der Waals surface area contributed by atoms with Crippen LogP contribution in [0.2, 0.25) is 0 Å². The van der Waals surface area contributed by atoms with Crippen LogP contribution in [0.5, 0.6) is 0 Å². The van der Waals surface area contributed by atoms with Crippen LogP contribution in [0.15, 0.2) is 0 Å². The van der Waals surface area contributed by atoms with E-state index >= 15 is 0 Å². The van der Waals surface area contributed by atoms with Crippen LogP contribution in [0.3, 0.4) is 0 Å². The third-order valence-corrected chi connectivity index (χ3v) is 1.90. The Balaban J connectivity index is 3.87. The fourth-order valence-corrected chi connectivity index (χ4v) is 0.865. The lowest BCUT2D eigenvalue weighted by atomic mass is 10.1. The van der Waals surface area contributed by atoms with Crippen LogP contribution in [0, 0.1) is 0 Å². The quantitative estimate of drug-likeness (QED) is 0.552. The number of aliphatic hydroxyl groups excluding tert-OH is 2. The molecule has 0 aliphatic heterocycles. The predicted molar refractivity (Wildman–Crippen MR) is 50.2 cm³/mol. The van der Waals surface area contributed by atoms with Gasteiger partial charge in [0.05, 0.1) is 18.8 Å². The van der Waals surface area contributed by atoms with Gasteiger partial charge in [0, 0.05) is 6.42 Å². The highest BCUT2D eigenvalue weighted by atomic mass is 16.3. The fourth-order valence-electron chi connectivity index (χ4n) is 0.865. The Bertz CT molecular complexity index is 155. The molecule has 4 nitrogen and oxygen atoms in total. The predicted octanol–water partition coefficient (Wildman–Crippen LogP) is 0.0361. The summed E-state index contributed by atoms with van der Waals surface area (Å²) in [6.45, 7) is 3.12. The fraction of sp³-hybridized carbons (Fsp3) is 0.889. The van der Waals surface area contributed by atoms with Gasteiger partial charge in [-0.1, -0.05) is 13.3 Å². The highest BCUT2D eigenvalue weighted by Crippen LogP contribution is 2.02. The van der Waals surface area contributed by atoms with E-state index in [-0.39, 0.29) is 19.1 Å². The van der Waals surface area contributed by atoms with E-state index in [1.54, 1.807) is 6.92 Å². The molecule has 0 saturated carbocycles. The molecule has 0 atom stereocenters. The van der Waals surface area contributed by atoms with Gasteiger partial charge in [-0.05, 0) is 13.3 Å². The van der Waals surface area contributed by atoms with E-state index in [1.165, 1.54) is 0 Å². The van der Waals surface area contributed by atoms with Gasteiger partial charge in [-0.15, -0.1) is 0 Å². The lowest BCUT2D eigenvalue weighted by Gasteiger charge is -2.26. The monoisotopic (exact) mass is 189 g/mol. The van der Waals surface area contributed by atoms with Crippen LogP contribution in [0.1, 0.15) is 33.1 Å². The van der Waals surface area contributed by atoms with Crippen LogP contribution < -0.4 is 5.32 Å². The minimum absolute atomic E-state index is 0.118. The van der Waals surface area contributed by atoms with E-state index in [1.807, 2.05) is 6.92 Å². The molecule has 0 saturated heterocycles. The first-order valence-corrected chi connectivity index (χ1v) is 4.60. The van der Waals surface area contributed by atoms with Gasteiger partial charge >= 0.3 is 0 Å². The van der Waals surface area contributed by atoms with Crippen molar-refractivity contribution in [3.8, 4) is 0 Å². The number of nitrogens with one attached hydrogen (secondary N) is 1. The first kappa shape index (κ1) is 12.4. The van der Waals surface area contributed by atoms with Crippen molar-refractivity contribution in [3.05, 3.63) is 0 Å². The van der Waals surface area contributed by atoms with Crippen LogP contribution >= 0.6 is 0 Å². The second-order valence-corrected chi connectivity index (χ2v) is 3.53. The Hall–Kier alpha value is -0.610. The number of aliphatic hydroxyl groups is 2.